The van der Waals surface area contributed by atoms with Gasteiger partial charge in [0.25, 0.3) is 5.91 Å². The third kappa shape index (κ3) is 8.83. The third-order valence-electron chi connectivity index (χ3n) is 3.99. The van der Waals surface area contributed by atoms with E-state index in [1.165, 1.54) is 18.0 Å². The van der Waals surface area contributed by atoms with Crippen molar-refractivity contribution in [2.75, 3.05) is 38.3 Å². The van der Waals surface area contributed by atoms with Crippen LogP contribution in [-0.4, -0.2) is 67.9 Å². The molecule has 0 aliphatic heterocycles. The quantitative estimate of drug-likeness (QED) is 0.364. The van der Waals surface area contributed by atoms with Gasteiger partial charge in [-0.05, 0) is 65.3 Å². The smallest absolute Gasteiger partial charge is 0.428 e. The van der Waals surface area contributed by atoms with Crippen molar-refractivity contribution in [3.63, 3.8) is 0 Å². The second kappa shape index (κ2) is 11.9. The third-order valence-corrected chi connectivity index (χ3v) is 3.99. The van der Waals surface area contributed by atoms with Crippen molar-refractivity contribution in [1.82, 2.24) is 10.4 Å². The van der Waals surface area contributed by atoms with Gasteiger partial charge in [0.2, 0.25) is 0 Å². The van der Waals surface area contributed by atoms with Crippen molar-refractivity contribution in [3.8, 4) is 0 Å². The van der Waals surface area contributed by atoms with Crippen LogP contribution in [0.2, 0.25) is 0 Å². The van der Waals surface area contributed by atoms with Gasteiger partial charge in [-0.15, -0.1) is 0 Å². The van der Waals surface area contributed by atoms with Crippen molar-refractivity contribution in [2.45, 2.75) is 47.1 Å². The van der Waals surface area contributed by atoms with Gasteiger partial charge >= 0.3 is 18.0 Å². The Hall–Kier alpha value is -3.30. The van der Waals surface area contributed by atoms with E-state index in [1.807, 2.05) is 0 Å². The molecule has 1 N–H and O–H groups in total. The molecule has 0 aromatic heterocycles. The number of carbonyl (C=O) groups excluding carboxylic acids is 4. The number of rotatable bonds is 8. The molecule has 0 saturated carbocycles. The van der Waals surface area contributed by atoms with Crippen molar-refractivity contribution in [3.05, 3.63) is 29.3 Å². The molecular weight excluding hydrogens is 418 g/mol. The molecule has 0 fully saturated rings. The number of ether oxygens (including phenoxy) is 3. The van der Waals surface area contributed by atoms with Crippen LogP contribution in [0.15, 0.2) is 18.2 Å². The van der Waals surface area contributed by atoms with Crippen LogP contribution in [0.1, 0.15) is 50.5 Å². The zero-order valence-electron chi connectivity index (χ0n) is 19.8. The van der Waals surface area contributed by atoms with Crippen LogP contribution >= 0.6 is 0 Å². The summed E-state index contributed by atoms with van der Waals surface area (Å²) >= 11 is 0. The lowest BCUT2D eigenvalue weighted by atomic mass is 10.1. The highest BCUT2D eigenvalue weighted by molar-refractivity contribution is 5.95. The Labute approximate surface area is 188 Å². The molecule has 1 aromatic rings. The molecule has 2 amide bonds. The summed E-state index contributed by atoms with van der Waals surface area (Å²) in [7, 11) is 1.38. The fourth-order valence-electron chi connectivity index (χ4n) is 2.70. The van der Waals surface area contributed by atoms with Crippen LogP contribution in [0, 0.1) is 6.92 Å². The number of nitrogens with zero attached hydrogens (tertiary/aromatic N) is 2. The molecule has 0 bridgehead atoms. The average molecular weight is 452 g/mol. The molecule has 0 aliphatic carbocycles. The average Bonchev–Trinajstić information content (AvgIpc) is 2.66. The Morgan fingerprint density at radius 2 is 1.50 bits per heavy atom. The first-order chi connectivity index (χ1) is 14.9. The lowest BCUT2D eigenvalue weighted by Gasteiger charge is -2.26. The predicted octanol–water partition coefficient (Wildman–Crippen LogP) is 2.44. The monoisotopic (exact) mass is 451 g/mol. The molecule has 0 atom stereocenters. The Balaban J connectivity index is 3.01. The molecule has 1 aromatic carbocycles. The van der Waals surface area contributed by atoms with Gasteiger partial charge in [-0.1, -0.05) is 0 Å². The lowest BCUT2D eigenvalue weighted by Crippen LogP contribution is -2.45. The standard InChI is InChI=1S/C22H33N3O7/c1-8-30-18(26)13-25(14-19(27)31-9-2)17-11-10-16(12-15(17)3)20(28)23-24(7)21(29)32-22(4,5)6/h10-12H,8-9,13-14H2,1-7H3,(H,23,28). The lowest BCUT2D eigenvalue weighted by molar-refractivity contribution is -0.142. The minimum atomic E-state index is -0.700. The van der Waals surface area contributed by atoms with Gasteiger partial charge in [-0.25, -0.2) is 9.80 Å². The number of nitrogens with one attached hydrogen (secondary N) is 1. The van der Waals surface area contributed by atoms with Crippen LogP contribution in [0.4, 0.5) is 10.5 Å². The SMILES string of the molecule is CCOC(=O)CN(CC(=O)OCC)c1ccc(C(=O)NN(C)C(=O)OC(C)(C)C)cc1C. The summed E-state index contributed by atoms with van der Waals surface area (Å²) in [4.78, 5) is 50.1. The molecule has 178 valence electrons. The van der Waals surface area contributed by atoms with Gasteiger partial charge < -0.3 is 19.1 Å². The van der Waals surface area contributed by atoms with E-state index in [-0.39, 0.29) is 31.9 Å². The van der Waals surface area contributed by atoms with Crippen molar-refractivity contribution >= 4 is 29.6 Å². The zero-order valence-corrected chi connectivity index (χ0v) is 19.8. The number of hydrogen-bond donors (Lipinski definition) is 1. The van der Waals surface area contributed by atoms with E-state index in [0.29, 0.717) is 11.3 Å². The zero-order chi connectivity index (χ0) is 24.5. The van der Waals surface area contributed by atoms with Gasteiger partial charge in [0.1, 0.15) is 18.7 Å². The van der Waals surface area contributed by atoms with Crippen LogP contribution in [-0.2, 0) is 23.8 Å². The van der Waals surface area contributed by atoms with Crippen molar-refractivity contribution in [2.24, 2.45) is 0 Å². The van der Waals surface area contributed by atoms with Crippen LogP contribution in [0.3, 0.4) is 0 Å². The number of hydrogen-bond acceptors (Lipinski definition) is 8. The van der Waals surface area contributed by atoms with E-state index < -0.39 is 29.5 Å². The van der Waals surface area contributed by atoms with Crippen molar-refractivity contribution in [1.29, 1.82) is 0 Å². The molecular formula is C22H33N3O7. The molecule has 0 unspecified atom stereocenters. The predicted molar refractivity (Wildman–Crippen MR) is 118 cm³/mol. The number of amides is 2. The van der Waals surface area contributed by atoms with E-state index >= 15 is 0 Å². The summed E-state index contributed by atoms with van der Waals surface area (Å²) in [6.07, 6.45) is -0.700. The number of benzene rings is 1. The first-order valence-electron chi connectivity index (χ1n) is 10.3. The molecule has 0 saturated heterocycles. The highest BCUT2D eigenvalue weighted by atomic mass is 16.6. The number of aryl methyl sites for hydroxylation is 1. The topological polar surface area (TPSA) is 114 Å². The maximum Gasteiger partial charge on any atom is 0.428 e. The van der Waals surface area contributed by atoms with Crippen LogP contribution in [0.5, 0.6) is 0 Å². The minimum Gasteiger partial charge on any atom is -0.465 e. The Morgan fingerprint density at radius 3 is 1.94 bits per heavy atom. The van der Waals surface area contributed by atoms with E-state index in [0.717, 1.165) is 5.01 Å². The van der Waals surface area contributed by atoms with Crippen LogP contribution < -0.4 is 10.3 Å². The Morgan fingerprint density at radius 1 is 0.969 bits per heavy atom. The van der Waals surface area contributed by atoms with Gasteiger partial charge in [0.15, 0.2) is 0 Å². The molecule has 32 heavy (non-hydrogen) atoms. The number of carbonyl (C=O) groups is 4. The van der Waals surface area contributed by atoms with Crippen LogP contribution in [0.25, 0.3) is 0 Å². The van der Waals surface area contributed by atoms with Gasteiger partial charge in [-0.2, -0.15) is 0 Å². The molecule has 0 aliphatic rings. The highest BCUT2D eigenvalue weighted by Gasteiger charge is 2.22. The summed E-state index contributed by atoms with van der Waals surface area (Å²) < 4.78 is 15.2. The molecule has 0 heterocycles. The summed E-state index contributed by atoms with van der Waals surface area (Å²) in [5.74, 6) is -1.50. The number of hydrazine groups is 1. The largest absolute Gasteiger partial charge is 0.465 e. The van der Waals surface area contributed by atoms with Gasteiger partial charge in [0.05, 0.1) is 13.2 Å². The normalized spacial score (nSPS) is 10.7. The molecule has 0 radical (unpaired) electrons. The Bertz CT molecular complexity index is 813. The van der Waals surface area contributed by atoms with Crippen molar-refractivity contribution < 1.29 is 33.4 Å². The summed E-state index contributed by atoms with van der Waals surface area (Å²) in [6.45, 7) is 10.4. The summed E-state index contributed by atoms with van der Waals surface area (Å²) in [5, 5.41) is 0.963. The minimum absolute atomic E-state index is 0.152. The van der Waals surface area contributed by atoms with Gasteiger partial charge in [-0.3, -0.25) is 19.8 Å². The maximum absolute atomic E-state index is 12.6. The fourth-order valence-corrected chi connectivity index (χ4v) is 2.70. The molecule has 10 heteroatoms. The number of anilines is 1. The van der Waals surface area contributed by atoms with Gasteiger partial charge in [0, 0.05) is 18.3 Å². The van der Waals surface area contributed by atoms with E-state index in [1.54, 1.807) is 53.7 Å². The first-order valence-corrected chi connectivity index (χ1v) is 10.3. The second-order valence-electron chi connectivity index (χ2n) is 7.95. The second-order valence-corrected chi connectivity index (χ2v) is 7.95. The summed E-state index contributed by atoms with van der Waals surface area (Å²) in [6, 6.07) is 4.75. The fraction of sp³-hybridized carbons (Fsp3) is 0.545. The maximum atomic E-state index is 12.6. The Kier molecular flexibility index (Phi) is 9.96. The number of esters is 2. The molecule has 0 spiro atoms. The first kappa shape index (κ1) is 26.7. The summed E-state index contributed by atoms with van der Waals surface area (Å²) in [5.41, 5.74) is 3.25. The molecule has 1 rings (SSSR count). The van der Waals surface area contributed by atoms with E-state index in [4.69, 9.17) is 14.2 Å². The van der Waals surface area contributed by atoms with E-state index in [9.17, 15) is 19.2 Å². The van der Waals surface area contributed by atoms with E-state index in [2.05, 4.69) is 5.43 Å². The molecule has 10 nitrogen and oxygen atoms in total. The highest BCUT2D eigenvalue weighted by Crippen LogP contribution is 2.22.